The molecule has 0 unspecified atom stereocenters. The first-order valence-electron chi connectivity index (χ1n) is 4.30. The lowest BCUT2D eigenvalue weighted by Gasteiger charge is -2.07. The molecule has 0 bridgehead atoms. The van der Waals surface area contributed by atoms with Gasteiger partial charge >= 0.3 is 0 Å². The summed E-state index contributed by atoms with van der Waals surface area (Å²) in [5.41, 5.74) is 0.411. The molecule has 0 amide bonds. The smallest absolute Gasteiger partial charge is 0.240 e. The van der Waals surface area contributed by atoms with Crippen molar-refractivity contribution in [3.05, 3.63) is 29.8 Å². The molecule has 0 fully saturated rings. The Kier molecular flexibility index (Phi) is 3.62. The van der Waals surface area contributed by atoms with E-state index in [1.54, 1.807) is 25.1 Å². The summed E-state index contributed by atoms with van der Waals surface area (Å²) in [7, 11) is -3.46. The molecular weight excluding hydrogens is 202 g/mol. The van der Waals surface area contributed by atoms with E-state index in [0.717, 1.165) is 0 Å². The average Bonchev–Trinajstić information content (AvgIpc) is 2.18. The van der Waals surface area contributed by atoms with Crippen LogP contribution in [0.5, 0.6) is 0 Å². The maximum Gasteiger partial charge on any atom is 0.240 e. The summed E-state index contributed by atoms with van der Waals surface area (Å²) < 4.78 is 25.6. The molecule has 0 aromatic heterocycles. The van der Waals surface area contributed by atoms with Crippen molar-refractivity contribution in [1.29, 1.82) is 0 Å². The minimum Gasteiger partial charge on any atom is -0.392 e. The van der Waals surface area contributed by atoms with Gasteiger partial charge in [0.15, 0.2) is 0 Å². The van der Waals surface area contributed by atoms with E-state index in [4.69, 9.17) is 5.11 Å². The molecule has 14 heavy (non-hydrogen) atoms. The molecule has 0 spiro atoms. The Labute approximate surface area is 83.6 Å². The van der Waals surface area contributed by atoms with Gasteiger partial charge in [0, 0.05) is 6.54 Å². The zero-order chi connectivity index (χ0) is 10.6. The van der Waals surface area contributed by atoms with E-state index in [2.05, 4.69) is 4.72 Å². The van der Waals surface area contributed by atoms with E-state index < -0.39 is 10.0 Å². The first-order valence-corrected chi connectivity index (χ1v) is 5.78. The third kappa shape index (κ3) is 2.31. The van der Waals surface area contributed by atoms with Crippen molar-refractivity contribution in [1.82, 2.24) is 4.72 Å². The van der Waals surface area contributed by atoms with Gasteiger partial charge in [0.25, 0.3) is 0 Å². The van der Waals surface area contributed by atoms with Crippen LogP contribution < -0.4 is 4.72 Å². The molecule has 0 saturated heterocycles. The minimum absolute atomic E-state index is 0.143. The van der Waals surface area contributed by atoms with E-state index in [1.807, 2.05) is 0 Å². The Balaban J connectivity index is 3.18. The topological polar surface area (TPSA) is 66.4 Å². The predicted molar refractivity (Wildman–Crippen MR) is 53.2 cm³/mol. The number of aliphatic hydroxyl groups is 1. The molecule has 1 aromatic carbocycles. The van der Waals surface area contributed by atoms with Crippen molar-refractivity contribution in [2.45, 2.75) is 18.4 Å². The van der Waals surface area contributed by atoms with Gasteiger partial charge in [0.2, 0.25) is 10.0 Å². The molecule has 0 aliphatic rings. The zero-order valence-corrected chi connectivity index (χ0v) is 8.71. The minimum atomic E-state index is -3.46. The molecule has 1 rings (SSSR count). The third-order valence-electron chi connectivity index (χ3n) is 1.77. The lowest BCUT2D eigenvalue weighted by atomic mass is 10.2. The normalized spacial score (nSPS) is 11.6. The largest absolute Gasteiger partial charge is 0.392 e. The van der Waals surface area contributed by atoms with Crippen molar-refractivity contribution >= 4 is 10.0 Å². The van der Waals surface area contributed by atoms with Crippen LogP contribution in [0.3, 0.4) is 0 Å². The van der Waals surface area contributed by atoms with Crippen LogP contribution in [0, 0.1) is 0 Å². The van der Waals surface area contributed by atoms with E-state index in [-0.39, 0.29) is 11.5 Å². The Morgan fingerprint density at radius 2 is 2.00 bits per heavy atom. The van der Waals surface area contributed by atoms with Crippen molar-refractivity contribution in [2.75, 3.05) is 6.54 Å². The van der Waals surface area contributed by atoms with Crippen molar-refractivity contribution in [3.63, 3.8) is 0 Å². The third-order valence-corrected chi connectivity index (χ3v) is 3.41. The van der Waals surface area contributed by atoms with Crippen LogP contribution >= 0.6 is 0 Å². The second-order valence-corrected chi connectivity index (χ2v) is 4.50. The van der Waals surface area contributed by atoms with E-state index in [1.165, 1.54) is 6.07 Å². The molecule has 5 heteroatoms. The van der Waals surface area contributed by atoms with Crippen LogP contribution in [0.25, 0.3) is 0 Å². The number of rotatable bonds is 4. The SMILES string of the molecule is CCNS(=O)(=O)c1ccccc1CO. The molecule has 4 nitrogen and oxygen atoms in total. The van der Waals surface area contributed by atoms with Gasteiger partial charge in [0.05, 0.1) is 11.5 Å². The molecule has 0 aliphatic heterocycles. The lowest BCUT2D eigenvalue weighted by Crippen LogP contribution is -2.24. The van der Waals surface area contributed by atoms with Crippen LogP contribution in [-0.4, -0.2) is 20.1 Å². The van der Waals surface area contributed by atoms with E-state index in [9.17, 15) is 8.42 Å². The number of sulfonamides is 1. The summed E-state index contributed by atoms with van der Waals surface area (Å²) in [6, 6.07) is 6.38. The Morgan fingerprint density at radius 3 is 2.57 bits per heavy atom. The average molecular weight is 215 g/mol. The molecule has 1 aromatic rings. The standard InChI is InChI=1S/C9H13NO3S/c1-2-10-14(12,13)9-6-4-3-5-8(9)7-11/h3-6,10-11H,2,7H2,1H3. The fourth-order valence-electron chi connectivity index (χ4n) is 1.16. The fraction of sp³-hybridized carbons (Fsp3) is 0.333. The van der Waals surface area contributed by atoms with Gasteiger partial charge in [-0.25, -0.2) is 13.1 Å². The van der Waals surface area contributed by atoms with Crippen LogP contribution in [-0.2, 0) is 16.6 Å². The van der Waals surface area contributed by atoms with Crippen LogP contribution in [0.4, 0.5) is 0 Å². The summed E-state index contributed by atoms with van der Waals surface area (Å²) in [5.74, 6) is 0. The van der Waals surface area contributed by atoms with Gasteiger partial charge in [-0.1, -0.05) is 25.1 Å². The maximum atomic E-state index is 11.6. The second kappa shape index (κ2) is 4.54. The first-order chi connectivity index (χ1) is 6.61. The molecule has 0 atom stereocenters. The monoisotopic (exact) mass is 215 g/mol. The maximum absolute atomic E-state index is 11.6. The molecule has 0 aliphatic carbocycles. The highest BCUT2D eigenvalue weighted by Crippen LogP contribution is 2.14. The van der Waals surface area contributed by atoms with Gasteiger partial charge in [-0.2, -0.15) is 0 Å². The summed E-state index contributed by atoms with van der Waals surface area (Å²) in [5, 5.41) is 8.96. The number of aliphatic hydroxyl groups excluding tert-OH is 1. The highest BCUT2D eigenvalue weighted by molar-refractivity contribution is 7.89. The summed E-state index contributed by atoms with van der Waals surface area (Å²) in [6.07, 6.45) is 0. The van der Waals surface area contributed by atoms with Crippen LogP contribution in [0.1, 0.15) is 12.5 Å². The summed E-state index contributed by atoms with van der Waals surface area (Å²) in [4.78, 5) is 0.143. The van der Waals surface area contributed by atoms with Crippen LogP contribution in [0.2, 0.25) is 0 Å². The first kappa shape index (κ1) is 11.2. The van der Waals surface area contributed by atoms with Gasteiger partial charge in [-0.3, -0.25) is 0 Å². The van der Waals surface area contributed by atoms with Gasteiger partial charge in [-0.15, -0.1) is 0 Å². The number of hydrogen-bond donors (Lipinski definition) is 2. The highest BCUT2D eigenvalue weighted by atomic mass is 32.2. The molecule has 0 heterocycles. The molecule has 78 valence electrons. The Hall–Kier alpha value is -0.910. The van der Waals surface area contributed by atoms with Gasteiger partial charge in [0.1, 0.15) is 0 Å². The second-order valence-electron chi connectivity index (χ2n) is 2.77. The van der Waals surface area contributed by atoms with E-state index in [0.29, 0.717) is 12.1 Å². The molecular formula is C9H13NO3S. The number of hydrogen-bond acceptors (Lipinski definition) is 3. The van der Waals surface area contributed by atoms with Crippen molar-refractivity contribution < 1.29 is 13.5 Å². The van der Waals surface area contributed by atoms with Gasteiger partial charge < -0.3 is 5.11 Å². The molecule has 0 radical (unpaired) electrons. The van der Waals surface area contributed by atoms with Crippen molar-refractivity contribution in [3.8, 4) is 0 Å². The lowest BCUT2D eigenvalue weighted by molar-refractivity contribution is 0.278. The Bertz CT molecular complexity index is 400. The Morgan fingerprint density at radius 1 is 1.36 bits per heavy atom. The van der Waals surface area contributed by atoms with Crippen molar-refractivity contribution in [2.24, 2.45) is 0 Å². The number of benzene rings is 1. The van der Waals surface area contributed by atoms with Crippen LogP contribution in [0.15, 0.2) is 29.2 Å². The predicted octanol–water partition coefficient (Wildman–Crippen LogP) is 0.477. The molecule has 0 saturated carbocycles. The number of nitrogens with one attached hydrogen (secondary N) is 1. The fourth-order valence-corrected chi connectivity index (χ4v) is 2.44. The summed E-state index contributed by atoms with van der Waals surface area (Å²) >= 11 is 0. The highest BCUT2D eigenvalue weighted by Gasteiger charge is 2.15. The summed E-state index contributed by atoms with van der Waals surface area (Å²) in [6.45, 7) is 1.77. The zero-order valence-electron chi connectivity index (χ0n) is 7.90. The van der Waals surface area contributed by atoms with Gasteiger partial charge in [-0.05, 0) is 11.6 Å². The quantitative estimate of drug-likeness (QED) is 0.767. The van der Waals surface area contributed by atoms with E-state index >= 15 is 0 Å². The molecule has 2 N–H and O–H groups in total.